The van der Waals surface area contributed by atoms with Crippen molar-refractivity contribution in [3.8, 4) is 0 Å². The molecule has 456 valence electrons. The van der Waals surface area contributed by atoms with Crippen molar-refractivity contribution < 1.29 is 53.9 Å². The molecule has 15 rings (SSSR count). The van der Waals surface area contributed by atoms with Crippen molar-refractivity contribution >= 4 is 0 Å². The van der Waals surface area contributed by atoms with Gasteiger partial charge in [-0.25, -0.2) is 0 Å². The number of halogens is 3. The molecule has 0 saturated heterocycles. The molecule has 21 heteroatoms. The van der Waals surface area contributed by atoms with E-state index in [0.29, 0.717) is 34.5 Å². The van der Waals surface area contributed by atoms with Gasteiger partial charge in [-0.2, -0.15) is 13.2 Å². The third kappa shape index (κ3) is 21.7. The zero-order valence-electron chi connectivity index (χ0n) is 49.6. The van der Waals surface area contributed by atoms with Crippen LogP contribution in [-0.2, 0) is 28.8 Å². The van der Waals surface area contributed by atoms with Crippen LogP contribution in [0.2, 0.25) is 0 Å². The van der Waals surface area contributed by atoms with Gasteiger partial charge in [0.15, 0.2) is 0 Å². The van der Waals surface area contributed by atoms with E-state index in [0.717, 1.165) is 64.8 Å². The Morgan fingerprint density at radius 3 is 1.08 bits per heavy atom. The second-order valence-electron chi connectivity index (χ2n) is 23.4. The number of unbranched alkanes of at least 4 members (excludes halogenated alkanes) is 1. The van der Waals surface area contributed by atoms with Gasteiger partial charge in [0.25, 0.3) is 0 Å². The maximum absolute atomic E-state index is 11.5. The van der Waals surface area contributed by atoms with E-state index in [9.17, 15) is 13.2 Å². The molecule has 6 fully saturated rings. The second kappa shape index (κ2) is 32.7. The lowest BCUT2D eigenvalue weighted by Crippen LogP contribution is -2.08. The van der Waals surface area contributed by atoms with Gasteiger partial charge in [-0.3, -0.25) is 0 Å². The van der Waals surface area contributed by atoms with Gasteiger partial charge in [0.05, 0.1) is 55.8 Å². The first kappa shape index (κ1) is 64.2. The van der Waals surface area contributed by atoms with Crippen LogP contribution in [-0.4, -0.2) is 46.4 Å². The van der Waals surface area contributed by atoms with Gasteiger partial charge in [0, 0.05) is 101 Å². The molecular formula is C63H84F3N9O9. The fourth-order valence-electron chi connectivity index (χ4n) is 9.47. The maximum Gasteiger partial charge on any atom is 0.452 e. The van der Waals surface area contributed by atoms with Crippen LogP contribution in [0, 0.1) is 0 Å². The van der Waals surface area contributed by atoms with E-state index in [-0.39, 0.29) is 5.41 Å². The lowest BCUT2D eigenvalue weighted by atomic mass is 9.84. The molecule has 18 nitrogen and oxygen atoms in total. The molecule has 0 unspecified atom stereocenters. The van der Waals surface area contributed by atoms with Gasteiger partial charge in [0.1, 0.15) is 46.1 Å². The zero-order valence-corrected chi connectivity index (χ0v) is 49.6. The SMILES string of the molecule is CC(C)(C)c1ccno1.CC1(c2ccno2)CC1.CCC1(c2ccno2)CC1.CCCCc1ccno1.FC(F)(F)c1ccno1.c1cc(C2CC2)on1.c1cc(C2CCC2)on1.c1cc(C2CCCC2)on1.c1cc(C2CCCCC2)on1. The van der Waals surface area contributed by atoms with Gasteiger partial charge in [0.2, 0.25) is 5.76 Å². The number of nitrogens with zero attached hydrogens (tertiary/aromatic N) is 9. The summed E-state index contributed by atoms with van der Waals surface area (Å²) in [5.41, 5.74) is 0.823. The number of hydrogen-bond acceptors (Lipinski definition) is 18. The number of hydrogen-bond donors (Lipinski definition) is 0. The molecule has 9 heterocycles. The summed E-state index contributed by atoms with van der Waals surface area (Å²) in [5.74, 6) is 10.0. The fraction of sp³-hybridized carbons (Fsp3) is 0.571. The largest absolute Gasteiger partial charge is 0.452 e. The average Bonchev–Trinajstić information content (AvgIpc) is 4.09. The summed E-state index contributed by atoms with van der Waals surface area (Å²) in [7, 11) is 0. The molecular weight excluding hydrogens is 1080 g/mol. The minimum absolute atomic E-state index is 0.0938. The maximum atomic E-state index is 11.5. The van der Waals surface area contributed by atoms with E-state index in [1.54, 1.807) is 49.6 Å². The average molecular weight is 1170 g/mol. The van der Waals surface area contributed by atoms with Crippen molar-refractivity contribution in [2.75, 3.05) is 0 Å². The predicted molar refractivity (Wildman–Crippen MR) is 304 cm³/mol. The van der Waals surface area contributed by atoms with Crippen LogP contribution in [0.1, 0.15) is 252 Å². The van der Waals surface area contributed by atoms with Crippen LogP contribution in [0.5, 0.6) is 0 Å². The molecule has 0 amide bonds. The second-order valence-corrected chi connectivity index (χ2v) is 23.4. The van der Waals surface area contributed by atoms with E-state index in [1.807, 2.05) is 48.5 Å². The minimum atomic E-state index is -4.41. The lowest BCUT2D eigenvalue weighted by Gasteiger charge is -2.21. The first-order chi connectivity index (χ1) is 40.7. The normalized spacial score (nSPS) is 17.4. The molecule has 6 aliphatic rings. The van der Waals surface area contributed by atoms with Crippen molar-refractivity contribution in [2.45, 2.75) is 229 Å². The van der Waals surface area contributed by atoms with Crippen LogP contribution in [0.4, 0.5) is 13.2 Å². The summed E-state index contributed by atoms with van der Waals surface area (Å²) < 4.78 is 78.3. The van der Waals surface area contributed by atoms with E-state index in [1.165, 1.54) is 135 Å². The van der Waals surface area contributed by atoms with Crippen molar-refractivity contribution in [2.24, 2.45) is 0 Å². The van der Waals surface area contributed by atoms with Crippen molar-refractivity contribution in [3.63, 3.8) is 0 Å². The molecule has 0 aromatic carbocycles. The highest BCUT2D eigenvalue weighted by Crippen LogP contribution is 2.51. The first-order valence-corrected chi connectivity index (χ1v) is 29.9. The first-order valence-electron chi connectivity index (χ1n) is 29.9. The molecule has 6 saturated carbocycles. The van der Waals surface area contributed by atoms with Crippen molar-refractivity contribution in [1.29, 1.82) is 0 Å². The molecule has 0 spiro atoms. The molecule has 9 aromatic rings. The fourth-order valence-corrected chi connectivity index (χ4v) is 9.47. The van der Waals surface area contributed by atoms with Gasteiger partial charge in [-0.1, -0.05) is 133 Å². The van der Waals surface area contributed by atoms with Crippen LogP contribution >= 0.6 is 0 Å². The third-order valence-corrected chi connectivity index (χ3v) is 15.8. The van der Waals surface area contributed by atoms with E-state index < -0.39 is 11.9 Å². The topological polar surface area (TPSA) is 234 Å². The molecule has 9 aromatic heterocycles. The van der Waals surface area contributed by atoms with E-state index in [2.05, 4.69) is 92.5 Å². The van der Waals surface area contributed by atoms with Crippen LogP contribution in [0.3, 0.4) is 0 Å². The van der Waals surface area contributed by atoms with Crippen molar-refractivity contribution in [1.82, 2.24) is 46.4 Å². The summed E-state index contributed by atoms with van der Waals surface area (Å²) >= 11 is 0. The summed E-state index contributed by atoms with van der Waals surface area (Å²) in [6.07, 6.45) is 38.3. The third-order valence-electron chi connectivity index (χ3n) is 15.8. The monoisotopic (exact) mass is 1170 g/mol. The summed E-state index contributed by atoms with van der Waals surface area (Å²) in [6, 6.07) is 16.4. The zero-order chi connectivity index (χ0) is 59.5. The summed E-state index contributed by atoms with van der Waals surface area (Å²) in [6.45, 7) is 12.8. The molecule has 0 N–H and O–H groups in total. The smallest absolute Gasteiger partial charge is 0.361 e. The summed E-state index contributed by atoms with van der Waals surface area (Å²) in [5, 5.41) is 32.1. The highest BCUT2D eigenvalue weighted by Gasteiger charge is 2.45. The highest BCUT2D eigenvalue weighted by molar-refractivity contribution is 5.20. The Morgan fingerprint density at radius 2 is 0.798 bits per heavy atom. The molecule has 84 heavy (non-hydrogen) atoms. The Labute approximate surface area is 489 Å². The van der Waals surface area contributed by atoms with E-state index in [4.69, 9.17) is 36.2 Å². The Kier molecular flexibility index (Phi) is 25.0. The van der Waals surface area contributed by atoms with Crippen LogP contribution in [0.15, 0.2) is 151 Å². The number of rotatable bonds is 10. The van der Waals surface area contributed by atoms with Gasteiger partial charge >= 0.3 is 6.18 Å². The molecule has 0 radical (unpaired) electrons. The Hall–Kier alpha value is -7.32. The lowest BCUT2D eigenvalue weighted by molar-refractivity contribution is -0.155. The quantitative estimate of drug-likeness (QED) is 0.124. The Morgan fingerprint density at radius 1 is 0.417 bits per heavy atom. The molecule has 0 atom stereocenters. The number of aromatic nitrogens is 9. The van der Waals surface area contributed by atoms with Crippen LogP contribution < -0.4 is 0 Å². The highest BCUT2D eigenvalue weighted by atomic mass is 19.4. The van der Waals surface area contributed by atoms with E-state index >= 15 is 0 Å². The van der Waals surface area contributed by atoms with Crippen LogP contribution in [0.25, 0.3) is 0 Å². The predicted octanol–water partition coefficient (Wildman–Crippen LogP) is 18.1. The van der Waals surface area contributed by atoms with Gasteiger partial charge in [-0.05, 0) is 89.9 Å². The van der Waals surface area contributed by atoms with Crippen molar-refractivity contribution in [3.05, 3.63) is 162 Å². The molecule has 0 aliphatic heterocycles. The molecule has 6 aliphatic carbocycles. The summed E-state index contributed by atoms with van der Waals surface area (Å²) in [4.78, 5) is 0. The van der Waals surface area contributed by atoms with Gasteiger partial charge in [-0.15, -0.1) is 0 Å². The number of alkyl halides is 3. The van der Waals surface area contributed by atoms with Gasteiger partial charge < -0.3 is 40.7 Å². The standard InChI is InChI=1S/C9H13NO.2C8H11NO.2C7H9NO.2C7H11NO.C6H7NO.C4H2F3NO/c1-2-4-8(5-3-1)9-6-7-10-11-9;1-2-8(4-5-8)7-3-6-9-10-7;1-2-4-7(3-1)8-5-6-9-10-8;1-7(3-4-7)6-2-5-8-9-6;1-2-6(3-1)7-4-5-8-9-7;1-7(2,3)6-4-5-8-9-6;1-2-3-4-7-5-6-8-9-7;1-2-5(1)6-3-4-7-8-6;5-4(6,7)3-1-2-8-9-3/h6-8H,1-5H2;3,6H,2,4-5H2,1H3;5-7H,1-4H2;2,5H,3-4H2,1H3;4-6H,1-3H2;4-5H,1-3H3;5-6H,2-4H2,1H3;3-5H,1-2H2;1-2H. The Bertz CT molecular complexity index is 2840. The number of aryl methyl sites for hydroxylation is 1. The minimum Gasteiger partial charge on any atom is -0.361 e. The molecule has 0 bridgehead atoms. The Balaban J connectivity index is 0.000000136.